The molecular formula is C10H16F2N4O. The van der Waals surface area contributed by atoms with Crippen molar-refractivity contribution in [1.29, 1.82) is 0 Å². The smallest absolute Gasteiger partial charge is 0.178 e. The van der Waals surface area contributed by atoms with Crippen LogP contribution in [0.1, 0.15) is 13.3 Å². The maximum absolute atomic E-state index is 13.3. The number of aromatic nitrogens is 1. The largest absolute Gasteiger partial charge is 0.396 e. The molecule has 0 saturated carbocycles. The molecule has 1 aromatic heterocycles. The predicted molar refractivity (Wildman–Crippen MR) is 61.3 cm³/mol. The molecule has 0 fully saturated rings. The maximum Gasteiger partial charge on any atom is 0.178 e. The maximum atomic E-state index is 13.3. The van der Waals surface area contributed by atoms with E-state index in [0.29, 0.717) is 19.0 Å². The molecule has 1 rings (SSSR count). The lowest BCUT2D eigenvalue weighted by Crippen LogP contribution is -2.17. The number of hydrogen-bond acceptors (Lipinski definition) is 5. The molecule has 17 heavy (non-hydrogen) atoms. The normalized spacial score (nSPS) is 12.3. The molecule has 0 saturated heterocycles. The first kappa shape index (κ1) is 13.6. The van der Waals surface area contributed by atoms with Crippen molar-refractivity contribution in [3.05, 3.63) is 17.7 Å². The van der Waals surface area contributed by atoms with E-state index >= 15 is 0 Å². The SMILES string of the molecule is CC(CCO)CNc1nc(NN)c(F)cc1F. The number of hydrazine groups is 1. The zero-order valence-electron chi connectivity index (χ0n) is 9.50. The number of aliphatic hydroxyl groups excluding tert-OH is 1. The van der Waals surface area contributed by atoms with Crippen LogP contribution in [0.5, 0.6) is 0 Å². The lowest BCUT2D eigenvalue weighted by Gasteiger charge is -2.13. The average Bonchev–Trinajstić information content (AvgIpc) is 2.28. The van der Waals surface area contributed by atoms with Crippen LogP contribution in [0.25, 0.3) is 0 Å². The fourth-order valence-electron chi connectivity index (χ4n) is 1.29. The second kappa shape index (κ2) is 6.31. The highest BCUT2D eigenvalue weighted by molar-refractivity contribution is 5.46. The quantitative estimate of drug-likeness (QED) is 0.446. The van der Waals surface area contributed by atoms with Gasteiger partial charge in [-0.15, -0.1) is 0 Å². The Kier molecular flexibility index (Phi) is 5.05. The second-order valence-electron chi connectivity index (χ2n) is 3.79. The van der Waals surface area contributed by atoms with Crippen molar-refractivity contribution in [3.8, 4) is 0 Å². The van der Waals surface area contributed by atoms with Crippen molar-refractivity contribution in [3.63, 3.8) is 0 Å². The van der Waals surface area contributed by atoms with Crippen molar-refractivity contribution < 1.29 is 13.9 Å². The lowest BCUT2D eigenvalue weighted by molar-refractivity contribution is 0.265. The molecule has 1 heterocycles. The molecule has 0 spiro atoms. The molecule has 0 radical (unpaired) electrons. The van der Waals surface area contributed by atoms with Gasteiger partial charge in [-0.2, -0.15) is 0 Å². The van der Waals surface area contributed by atoms with Crippen LogP contribution in [0.2, 0.25) is 0 Å². The van der Waals surface area contributed by atoms with Crippen LogP contribution in [-0.2, 0) is 0 Å². The molecule has 0 aliphatic heterocycles. The van der Waals surface area contributed by atoms with Gasteiger partial charge in [0.15, 0.2) is 23.3 Å². The highest BCUT2D eigenvalue weighted by atomic mass is 19.1. The van der Waals surface area contributed by atoms with Crippen molar-refractivity contribution >= 4 is 11.6 Å². The summed E-state index contributed by atoms with van der Waals surface area (Å²) in [4.78, 5) is 3.66. The monoisotopic (exact) mass is 246 g/mol. The summed E-state index contributed by atoms with van der Waals surface area (Å²) in [5, 5.41) is 11.5. The molecule has 1 atom stereocenters. The molecule has 5 N–H and O–H groups in total. The molecule has 0 amide bonds. The Labute approximate surface area is 98.0 Å². The first-order chi connectivity index (χ1) is 8.08. The molecule has 7 heteroatoms. The second-order valence-corrected chi connectivity index (χ2v) is 3.79. The minimum Gasteiger partial charge on any atom is -0.396 e. The first-order valence-corrected chi connectivity index (χ1v) is 5.25. The Morgan fingerprint density at radius 1 is 1.41 bits per heavy atom. The highest BCUT2D eigenvalue weighted by Gasteiger charge is 2.11. The summed E-state index contributed by atoms with van der Waals surface area (Å²) in [7, 11) is 0. The van der Waals surface area contributed by atoms with Gasteiger partial charge in [0, 0.05) is 19.2 Å². The topological polar surface area (TPSA) is 83.2 Å². The van der Waals surface area contributed by atoms with Crippen molar-refractivity contribution in [2.45, 2.75) is 13.3 Å². The summed E-state index contributed by atoms with van der Waals surface area (Å²) < 4.78 is 26.4. The third-order valence-electron chi connectivity index (χ3n) is 2.31. The number of nitrogens with two attached hydrogens (primary N) is 1. The van der Waals surface area contributed by atoms with Gasteiger partial charge in [-0.05, 0) is 12.3 Å². The van der Waals surface area contributed by atoms with Crippen molar-refractivity contribution in [1.82, 2.24) is 4.98 Å². The van der Waals surface area contributed by atoms with E-state index in [0.717, 1.165) is 0 Å². The zero-order valence-corrected chi connectivity index (χ0v) is 9.50. The number of rotatable bonds is 6. The van der Waals surface area contributed by atoms with Gasteiger partial charge in [0.25, 0.3) is 0 Å². The molecule has 96 valence electrons. The fourth-order valence-corrected chi connectivity index (χ4v) is 1.29. The standard InChI is InChI=1S/C10H16F2N4O/c1-6(2-3-17)5-14-9-7(11)4-8(12)10(15-9)16-13/h4,6,17H,2-3,5,13H2,1H3,(H2,14,15,16). The molecular weight excluding hydrogens is 230 g/mol. The molecule has 0 aromatic carbocycles. The van der Waals surface area contributed by atoms with Crippen LogP contribution in [0.3, 0.4) is 0 Å². The Hall–Kier alpha value is -1.47. The third-order valence-corrected chi connectivity index (χ3v) is 2.31. The van der Waals surface area contributed by atoms with E-state index in [-0.39, 0.29) is 24.2 Å². The van der Waals surface area contributed by atoms with Crippen LogP contribution in [0.15, 0.2) is 6.07 Å². The average molecular weight is 246 g/mol. The lowest BCUT2D eigenvalue weighted by atomic mass is 10.1. The van der Waals surface area contributed by atoms with E-state index in [1.165, 1.54) is 0 Å². The Morgan fingerprint density at radius 2 is 2.06 bits per heavy atom. The summed E-state index contributed by atoms with van der Waals surface area (Å²) in [6.07, 6.45) is 0.595. The minimum atomic E-state index is -0.848. The van der Waals surface area contributed by atoms with Crippen LogP contribution in [0, 0.1) is 17.6 Å². The first-order valence-electron chi connectivity index (χ1n) is 5.25. The van der Waals surface area contributed by atoms with Crippen LogP contribution < -0.4 is 16.6 Å². The highest BCUT2D eigenvalue weighted by Crippen LogP contribution is 2.18. The van der Waals surface area contributed by atoms with Gasteiger partial charge >= 0.3 is 0 Å². The third kappa shape index (κ3) is 3.79. The number of halogens is 2. The Balaban J connectivity index is 2.70. The number of hydrogen-bond donors (Lipinski definition) is 4. The van der Waals surface area contributed by atoms with Gasteiger partial charge in [0.1, 0.15) is 0 Å². The molecule has 1 aromatic rings. The number of nitrogen functional groups attached to an aromatic ring is 1. The van der Waals surface area contributed by atoms with E-state index < -0.39 is 11.6 Å². The number of pyridine rings is 1. The number of anilines is 2. The zero-order chi connectivity index (χ0) is 12.8. The van der Waals surface area contributed by atoms with E-state index in [4.69, 9.17) is 10.9 Å². The molecule has 5 nitrogen and oxygen atoms in total. The number of aliphatic hydroxyl groups is 1. The Morgan fingerprint density at radius 3 is 2.65 bits per heavy atom. The van der Waals surface area contributed by atoms with Gasteiger partial charge in [-0.3, -0.25) is 0 Å². The predicted octanol–water partition coefficient (Wildman–Crippen LogP) is 1.08. The van der Waals surface area contributed by atoms with E-state index in [1.54, 1.807) is 0 Å². The fraction of sp³-hybridized carbons (Fsp3) is 0.500. The van der Waals surface area contributed by atoms with Crippen LogP contribution in [-0.4, -0.2) is 23.2 Å². The van der Waals surface area contributed by atoms with Gasteiger partial charge in [0.2, 0.25) is 0 Å². The summed E-state index contributed by atoms with van der Waals surface area (Å²) in [5.41, 5.74) is 2.04. The summed E-state index contributed by atoms with van der Waals surface area (Å²) in [6, 6.07) is 0.710. The van der Waals surface area contributed by atoms with E-state index in [1.807, 2.05) is 12.3 Å². The molecule has 1 unspecified atom stereocenters. The van der Waals surface area contributed by atoms with Gasteiger partial charge < -0.3 is 15.8 Å². The van der Waals surface area contributed by atoms with Crippen LogP contribution in [0.4, 0.5) is 20.4 Å². The number of nitrogens with zero attached hydrogens (tertiary/aromatic N) is 1. The van der Waals surface area contributed by atoms with Crippen molar-refractivity contribution in [2.75, 3.05) is 23.9 Å². The summed E-state index contributed by atoms with van der Waals surface area (Å²) >= 11 is 0. The summed E-state index contributed by atoms with van der Waals surface area (Å²) in [6.45, 7) is 2.39. The van der Waals surface area contributed by atoms with Gasteiger partial charge in [-0.1, -0.05) is 6.92 Å². The summed E-state index contributed by atoms with van der Waals surface area (Å²) in [5.74, 6) is 3.28. The van der Waals surface area contributed by atoms with Gasteiger partial charge in [-0.25, -0.2) is 19.6 Å². The van der Waals surface area contributed by atoms with Crippen molar-refractivity contribution in [2.24, 2.45) is 11.8 Å². The minimum absolute atomic E-state index is 0.0656. The molecule has 0 aliphatic carbocycles. The van der Waals surface area contributed by atoms with Gasteiger partial charge in [0.05, 0.1) is 0 Å². The molecule has 0 aliphatic rings. The van der Waals surface area contributed by atoms with Crippen LogP contribution >= 0.6 is 0 Å². The molecule has 0 bridgehead atoms. The number of nitrogens with one attached hydrogen (secondary N) is 2. The van der Waals surface area contributed by atoms with E-state index in [2.05, 4.69) is 10.3 Å². The Bertz CT molecular complexity index is 376. The van der Waals surface area contributed by atoms with E-state index in [9.17, 15) is 8.78 Å².